The van der Waals surface area contributed by atoms with Crippen LogP contribution in [0.2, 0.25) is 0 Å². The number of carbonyl (C=O) groups excluding carboxylic acids is 2. The van der Waals surface area contributed by atoms with Crippen LogP contribution in [0.5, 0.6) is 0 Å². The number of carbonyl (C=O) groups is 2. The van der Waals surface area contributed by atoms with Gasteiger partial charge in [-0.3, -0.25) is 14.5 Å². The van der Waals surface area contributed by atoms with E-state index < -0.39 is 77.3 Å². The zero-order chi connectivity index (χ0) is 47.4. The molecule has 17 atom stereocenters. The lowest BCUT2D eigenvalue weighted by molar-refractivity contribution is -0.272. The van der Waals surface area contributed by atoms with Crippen LogP contribution < -0.4 is 5.32 Å². The van der Waals surface area contributed by atoms with Crippen LogP contribution in [-0.4, -0.2) is 148 Å². The maximum Gasteiger partial charge on any atom is 0.309 e. The zero-order valence-corrected chi connectivity index (χ0v) is 41.2. The van der Waals surface area contributed by atoms with Crippen molar-refractivity contribution in [3.63, 3.8) is 0 Å². The van der Waals surface area contributed by atoms with Gasteiger partial charge in [0, 0.05) is 75.9 Å². The molecule has 3 fully saturated rings. The van der Waals surface area contributed by atoms with E-state index in [0.717, 1.165) is 12.1 Å². The van der Waals surface area contributed by atoms with E-state index in [-0.39, 0.29) is 42.4 Å². The van der Waals surface area contributed by atoms with Crippen LogP contribution in [0.3, 0.4) is 0 Å². The number of nitrogens with zero attached hydrogens (tertiary/aromatic N) is 3. The van der Waals surface area contributed by atoms with Gasteiger partial charge >= 0.3 is 5.97 Å². The molecule has 0 aliphatic carbocycles. The first-order valence-electron chi connectivity index (χ1n) is 23.3. The normalized spacial score (nSPS) is 42.0. The van der Waals surface area contributed by atoms with Gasteiger partial charge in [0.05, 0.1) is 41.5 Å². The van der Waals surface area contributed by atoms with Crippen molar-refractivity contribution in [2.45, 2.75) is 180 Å². The molecule has 0 spiro atoms. The van der Waals surface area contributed by atoms with Crippen LogP contribution >= 0.6 is 0 Å². The number of cyclic esters (lactones) is 1. The fourth-order valence-corrected chi connectivity index (χ4v) is 11.2. The lowest BCUT2D eigenvalue weighted by atomic mass is 9.67. The summed E-state index contributed by atoms with van der Waals surface area (Å²) in [6.45, 7) is 26.0. The highest BCUT2D eigenvalue weighted by molar-refractivity contribution is 5.93. The summed E-state index contributed by atoms with van der Waals surface area (Å²) in [6.07, 6.45) is 3.00. The molecule has 3 aliphatic heterocycles. The van der Waals surface area contributed by atoms with Crippen LogP contribution in [0.4, 0.5) is 0 Å². The van der Waals surface area contributed by atoms with E-state index >= 15 is 0 Å². The third-order valence-electron chi connectivity index (χ3n) is 15.0. The number of aromatic nitrogens is 1. The molecule has 1 amide bonds. The van der Waals surface area contributed by atoms with Gasteiger partial charge in [0.15, 0.2) is 6.29 Å². The summed E-state index contributed by atoms with van der Waals surface area (Å²) in [4.78, 5) is 32.0. The highest BCUT2D eigenvalue weighted by atomic mass is 16.7. The summed E-state index contributed by atoms with van der Waals surface area (Å²) < 4.78 is 34.9. The third kappa shape index (κ3) is 12.2. The van der Waals surface area contributed by atoms with E-state index in [1.54, 1.807) is 24.7 Å². The molecule has 4 N–H and O–H groups in total. The molecule has 4 rings (SSSR count). The molecular weight excluding hydrogens is 805 g/mol. The van der Waals surface area contributed by atoms with E-state index in [1.807, 2.05) is 106 Å². The molecule has 1 unspecified atom stereocenters. The Morgan fingerprint density at radius 2 is 1.75 bits per heavy atom. The minimum Gasteiger partial charge on any atom is -0.459 e. The van der Waals surface area contributed by atoms with E-state index in [9.17, 15) is 24.9 Å². The number of hydrogen-bond acceptors (Lipinski definition) is 12. The van der Waals surface area contributed by atoms with Crippen LogP contribution in [0.1, 0.15) is 119 Å². The summed E-state index contributed by atoms with van der Waals surface area (Å²) in [5, 5.41) is 39.6. The minimum atomic E-state index is -1.76. The Morgan fingerprint density at radius 3 is 2.32 bits per heavy atom. The van der Waals surface area contributed by atoms with Gasteiger partial charge in [-0.1, -0.05) is 39.8 Å². The molecule has 63 heavy (non-hydrogen) atoms. The molecule has 360 valence electrons. The van der Waals surface area contributed by atoms with Crippen molar-refractivity contribution in [3.05, 3.63) is 48.5 Å². The van der Waals surface area contributed by atoms with Crippen LogP contribution in [-0.2, 0) is 35.5 Å². The molecular formula is C49H84N4O10. The number of amides is 1. The second-order valence-corrected chi connectivity index (χ2v) is 20.2. The first kappa shape index (κ1) is 53.0. The summed E-state index contributed by atoms with van der Waals surface area (Å²) in [5.41, 5.74) is -2.54. The summed E-state index contributed by atoms with van der Waals surface area (Å²) >= 11 is 0. The van der Waals surface area contributed by atoms with Crippen molar-refractivity contribution in [1.82, 2.24) is 19.7 Å². The van der Waals surface area contributed by atoms with Gasteiger partial charge in [-0.2, -0.15) is 0 Å². The molecule has 3 saturated heterocycles. The SMILES string of the molecule is C=C[C@H]1[C@H](C)OC([C@H]2[C@H](C)[C@@H](O[C@H]3C[C@@H](N(C)C/C(=C/C)NC(=O)c4cccn4C)C[C@@H](C)O3)[C@](C)(O)C[C@@H](C)CN(C)[C@H](C)[C@@H](O)[C@](C)(O)[C@@H](CC)OC(=O)[C@@H]2C)C[C@@]1(C)OC. The Bertz CT molecular complexity index is 1700. The number of methoxy groups -OCH3 is 1. The highest BCUT2D eigenvalue weighted by Crippen LogP contribution is 2.46. The lowest BCUT2D eigenvalue weighted by Gasteiger charge is -2.52. The second-order valence-electron chi connectivity index (χ2n) is 20.2. The van der Waals surface area contributed by atoms with Crippen LogP contribution in [0.15, 0.2) is 42.8 Å². The number of aryl methyl sites for hydroxylation is 1. The predicted octanol–water partition coefficient (Wildman–Crippen LogP) is 5.69. The quantitative estimate of drug-likeness (QED) is 0.159. The summed E-state index contributed by atoms with van der Waals surface area (Å²) in [7, 11) is 7.45. The van der Waals surface area contributed by atoms with Gasteiger partial charge in [-0.05, 0) is 106 Å². The highest BCUT2D eigenvalue weighted by Gasteiger charge is 2.54. The Labute approximate surface area is 378 Å². The second kappa shape index (κ2) is 21.8. The summed E-state index contributed by atoms with van der Waals surface area (Å²) in [5.74, 6) is -2.83. The fourth-order valence-electron chi connectivity index (χ4n) is 11.2. The number of rotatable bonds is 11. The largest absolute Gasteiger partial charge is 0.459 e. The molecule has 1 aromatic heterocycles. The van der Waals surface area contributed by atoms with E-state index in [4.69, 9.17) is 23.7 Å². The third-order valence-corrected chi connectivity index (χ3v) is 15.0. The van der Waals surface area contributed by atoms with Crippen molar-refractivity contribution < 1.29 is 48.6 Å². The molecule has 14 heteroatoms. The number of ether oxygens (including phenoxy) is 5. The van der Waals surface area contributed by atoms with Gasteiger partial charge < -0.3 is 53.8 Å². The van der Waals surface area contributed by atoms with Crippen molar-refractivity contribution in [1.29, 1.82) is 0 Å². The van der Waals surface area contributed by atoms with Crippen molar-refractivity contribution >= 4 is 11.9 Å². The topological polar surface area (TPSA) is 164 Å². The smallest absolute Gasteiger partial charge is 0.309 e. The average Bonchev–Trinajstić information content (AvgIpc) is 3.65. The number of esters is 1. The average molecular weight is 889 g/mol. The standard InChI is InChI=1S/C49H84N4O10/c1-17-35(50-45(55)38-21-20-22-51(38)13)28-53(15)36-23-30(5)60-41(24-36)63-44-31(6)42(39-26-48(11,59-16)37(18-2)34(9)61-39)32(7)46(56)62-40(19-3)49(12,58)43(54)33(8)52(14)27-29(4)25-47(44,10)57/h17-18,20-22,29-34,36-37,39-44,54,57-58H,2,19,23-28H2,1,3-16H3,(H,50,55)/b35-17-/t29-,30-,31+,32-,33-,34+,36+,37+,39?,40-,41+,42+,43-,44-,47-,48-,49-/m1/s1. The van der Waals surface area contributed by atoms with Gasteiger partial charge in [0.25, 0.3) is 5.91 Å². The Kier molecular flexibility index (Phi) is 18.3. The number of allylic oxidation sites excluding steroid dienone is 1. The molecule has 4 heterocycles. The van der Waals surface area contributed by atoms with Crippen molar-refractivity contribution in [2.24, 2.45) is 36.6 Å². The summed E-state index contributed by atoms with van der Waals surface area (Å²) in [6, 6.07) is 3.13. The fraction of sp³-hybridized carbons (Fsp3) is 0.796. The molecule has 3 aliphatic rings. The van der Waals surface area contributed by atoms with Crippen LogP contribution in [0, 0.1) is 29.6 Å². The van der Waals surface area contributed by atoms with Gasteiger partial charge in [-0.15, -0.1) is 6.58 Å². The maximum absolute atomic E-state index is 14.6. The van der Waals surface area contributed by atoms with Crippen LogP contribution in [0.25, 0.3) is 0 Å². The van der Waals surface area contributed by atoms with Gasteiger partial charge in [0.1, 0.15) is 23.5 Å². The van der Waals surface area contributed by atoms with E-state index in [2.05, 4.69) is 23.7 Å². The molecule has 14 nitrogen and oxygen atoms in total. The number of aliphatic hydroxyl groups excluding tert-OH is 1. The van der Waals surface area contributed by atoms with Gasteiger partial charge in [0.2, 0.25) is 0 Å². The number of aliphatic hydroxyl groups is 3. The molecule has 0 radical (unpaired) electrons. The Morgan fingerprint density at radius 1 is 1.08 bits per heavy atom. The van der Waals surface area contributed by atoms with E-state index in [1.165, 1.54) is 6.92 Å². The van der Waals surface area contributed by atoms with Gasteiger partial charge in [-0.25, -0.2) is 0 Å². The van der Waals surface area contributed by atoms with E-state index in [0.29, 0.717) is 38.0 Å². The Balaban J connectivity index is 1.76. The molecule has 0 saturated carbocycles. The molecule has 0 bridgehead atoms. The predicted molar refractivity (Wildman–Crippen MR) is 245 cm³/mol. The molecule has 1 aromatic rings. The first-order chi connectivity index (χ1) is 29.3. The maximum atomic E-state index is 14.6. The minimum absolute atomic E-state index is 0.00730. The molecule has 0 aromatic carbocycles. The van der Waals surface area contributed by atoms with Crippen molar-refractivity contribution in [2.75, 3.05) is 34.3 Å². The Hall–Kier alpha value is -2.66. The lowest BCUT2D eigenvalue weighted by Crippen LogP contribution is -2.59. The number of hydrogen-bond donors (Lipinski definition) is 4. The number of likely N-dealkylation sites (N-methyl/N-ethyl adjacent to an activating group) is 2. The first-order valence-corrected chi connectivity index (χ1v) is 23.3. The number of nitrogens with one attached hydrogen (secondary N) is 1. The van der Waals surface area contributed by atoms with Crippen molar-refractivity contribution in [3.8, 4) is 0 Å². The monoisotopic (exact) mass is 889 g/mol. The zero-order valence-electron chi connectivity index (χ0n) is 41.2.